The molecule has 0 radical (unpaired) electrons. The van der Waals surface area contributed by atoms with E-state index in [9.17, 15) is 14.3 Å². The molecule has 1 aromatic heterocycles. The number of methoxy groups -OCH3 is 1. The molecule has 0 fully saturated rings. The Kier molecular flexibility index (Phi) is 4.45. The molecule has 2 aromatic rings. The molecule has 2 rings (SSSR count). The van der Waals surface area contributed by atoms with Gasteiger partial charge in [-0.25, -0.2) is 4.39 Å². The van der Waals surface area contributed by atoms with Gasteiger partial charge in [0.05, 0.1) is 12.7 Å². The Morgan fingerprint density at radius 3 is 2.59 bits per heavy atom. The van der Waals surface area contributed by atoms with Gasteiger partial charge < -0.3 is 20.5 Å². The Balaban J connectivity index is 2.29. The third-order valence-corrected chi connectivity index (χ3v) is 3.14. The number of hydrogen-bond donors (Lipinski definition) is 2. The fourth-order valence-corrected chi connectivity index (χ4v) is 2.02. The van der Waals surface area contributed by atoms with Crippen LogP contribution >= 0.6 is 0 Å². The molecule has 7 heteroatoms. The van der Waals surface area contributed by atoms with Crippen LogP contribution in [0.4, 0.5) is 10.2 Å². The number of primary amides is 1. The monoisotopic (exact) mass is 305 g/mol. The third kappa shape index (κ3) is 3.25. The molecule has 0 unspecified atom stereocenters. The van der Waals surface area contributed by atoms with Gasteiger partial charge in [0, 0.05) is 13.6 Å². The highest BCUT2D eigenvalue weighted by molar-refractivity contribution is 5.97. The third-order valence-electron chi connectivity index (χ3n) is 3.14. The van der Waals surface area contributed by atoms with Crippen molar-refractivity contribution in [1.82, 2.24) is 4.98 Å². The van der Waals surface area contributed by atoms with E-state index in [0.29, 0.717) is 6.54 Å². The van der Waals surface area contributed by atoms with Crippen LogP contribution in [0, 0.1) is 5.82 Å². The Bertz CT molecular complexity index is 689. The Labute approximate surface area is 127 Å². The van der Waals surface area contributed by atoms with Crippen LogP contribution in [-0.4, -0.2) is 30.2 Å². The lowest BCUT2D eigenvalue weighted by Gasteiger charge is -2.20. The lowest BCUT2D eigenvalue weighted by atomic mass is 10.2. The van der Waals surface area contributed by atoms with Crippen molar-refractivity contribution >= 4 is 11.7 Å². The highest BCUT2D eigenvalue weighted by atomic mass is 19.1. The summed E-state index contributed by atoms with van der Waals surface area (Å²) in [6, 6.07) is 8.18. The first-order chi connectivity index (χ1) is 10.4. The van der Waals surface area contributed by atoms with Crippen LogP contribution < -0.4 is 15.4 Å². The van der Waals surface area contributed by atoms with Gasteiger partial charge in [-0.2, -0.15) is 4.98 Å². The van der Waals surface area contributed by atoms with E-state index in [1.54, 1.807) is 31.2 Å². The molecule has 0 saturated carbocycles. The molecule has 0 aliphatic rings. The molecule has 0 bridgehead atoms. The standard InChI is InChI=1S/C15H16FN3O3/c1-19(8-9-3-5-10(22-2)6-4-9)14-11(13(17)20)7-12(16)15(21)18-14/h3-7H,8H2,1-2H3,(H2,17,20)(H,18,21). The molecule has 22 heavy (non-hydrogen) atoms. The number of benzene rings is 1. The van der Waals surface area contributed by atoms with Crippen LogP contribution in [0.25, 0.3) is 0 Å². The van der Waals surface area contributed by atoms with Gasteiger partial charge in [-0.3, -0.25) is 4.79 Å². The topological polar surface area (TPSA) is 88.7 Å². The number of pyridine rings is 1. The maximum Gasteiger partial charge on any atom is 0.252 e. The maximum atomic E-state index is 13.3. The molecule has 0 spiro atoms. The van der Waals surface area contributed by atoms with Crippen molar-refractivity contribution in [3.05, 3.63) is 47.3 Å². The van der Waals surface area contributed by atoms with Gasteiger partial charge in [-0.05, 0) is 23.8 Å². The van der Waals surface area contributed by atoms with Gasteiger partial charge >= 0.3 is 0 Å². The van der Waals surface area contributed by atoms with Gasteiger partial charge in [-0.1, -0.05) is 12.1 Å². The summed E-state index contributed by atoms with van der Waals surface area (Å²) < 4.78 is 18.4. The summed E-state index contributed by atoms with van der Waals surface area (Å²) in [7, 11) is 3.24. The molecular formula is C15H16FN3O3. The summed E-state index contributed by atoms with van der Waals surface area (Å²) >= 11 is 0. The molecule has 0 aliphatic heterocycles. The SMILES string of the molecule is COc1ccc(CN(C)c2nc(O)c(F)cc2C(N)=O)cc1. The second kappa shape index (κ2) is 6.30. The first kappa shape index (κ1) is 15.6. The molecule has 0 saturated heterocycles. The summed E-state index contributed by atoms with van der Waals surface area (Å²) in [6.07, 6.45) is 0. The van der Waals surface area contributed by atoms with Crippen LogP contribution in [0.5, 0.6) is 11.6 Å². The number of aromatic nitrogens is 1. The summed E-state index contributed by atoms with van der Waals surface area (Å²) in [5, 5.41) is 9.41. The van der Waals surface area contributed by atoms with Crippen LogP contribution in [-0.2, 0) is 6.54 Å². The summed E-state index contributed by atoms with van der Waals surface area (Å²) in [5.41, 5.74) is 6.06. The minimum Gasteiger partial charge on any atom is -0.497 e. The number of ether oxygens (including phenoxy) is 1. The lowest BCUT2D eigenvalue weighted by molar-refractivity contribution is 0.1000. The number of carbonyl (C=O) groups is 1. The van der Waals surface area contributed by atoms with Gasteiger partial charge in [0.25, 0.3) is 5.91 Å². The van der Waals surface area contributed by atoms with Crippen molar-refractivity contribution in [2.24, 2.45) is 5.73 Å². The molecule has 116 valence electrons. The van der Waals surface area contributed by atoms with Crippen LogP contribution in [0.3, 0.4) is 0 Å². The van der Waals surface area contributed by atoms with Gasteiger partial charge in [0.1, 0.15) is 11.6 Å². The lowest BCUT2D eigenvalue weighted by Crippen LogP contribution is -2.23. The number of nitrogens with zero attached hydrogens (tertiary/aromatic N) is 2. The van der Waals surface area contributed by atoms with E-state index in [1.807, 2.05) is 12.1 Å². The normalized spacial score (nSPS) is 10.3. The van der Waals surface area contributed by atoms with E-state index in [-0.39, 0.29) is 11.4 Å². The second-order valence-electron chi connectivity index (χ2n) is 4.73. The van der Waals surface area contributed by atoms with Crippen molar-refractivity contribution < 1.29 is 19.0 Å². The Morgan fingerprint density at radius 1 is 1.41 bits per heavy atom. The zero-order chi connectivity index (χ0) is 16.3. The van der Waals surface area contributed by atoms with Crippen LogP contribution in [0.1, 0.15) is 15.9 Å². The van der Waals surface area contributed by atoms with E-state index in [2.05, 4.69) is 4.98 Å². The number of nitrogens with two attached hydrogens (primary N) is 1. The van der Waals surface area contributed by atoms with E-state index in [1.165, 1.54) is 0 Å². The van der Waals surface area contributed by atoms with Crippen LogP contribution in [0.2, 0.25) is 0 Å². The van der Waals surface area contributed by atoms with Crippen molar-refractivity contribution in [2.45, 2.75) is 6.54 Å². The highest BCUT2D eigenvalue weighted by Crippen LogP contribution is 2.24. The van der Waals surface area contributed by atoms with E-state index in [4.69, 9.17) is 10.5 Å². The predicted octanol–water partition coefficient (Wildman–Crippen LogP) is 1.67. The molecule has 6 nitrogen and oxygen atoms in total. The summed E-state index contributed by atoms with van der Waals surface area (Å²) in [4.78, 5) is 16.7. The molecular weight excluding hydrogens is 289 g/mol. The largest absolute Gasteiger partial charge is 0.497 e. The average Bonchev–Trinajstić information content (AvgIpc) is 2.50. The van der Waals surface area contributed by atoms with Gasteiger partial charge in [0.15, 0.2) is 5.82 Å². The smallest absolute Gasteiger partial charge is 0.252 e. The van der Waals surface area contributed by atoms with E-state index in [0.717, 1.165) is 17.4 Å². The number of anilines is 1. The maximum absolute atomic E-state index is 13.3. The van der Waals surface area contributed by atoms with Crippen molar-refractivity contribution in [3.63, 3.8) is 0 Å². The number of halogens is 1. The molecule has 0 atom stereocenters. The Morgan fingerprint density at radius 2 is 2.05 bits per heavy atom. The van der Waals surface area contributed by atoms with Crippen molar-refractivity contribution in [2.75, 3.05) is 19.1 Å². The zero-order valence-corrected chi connectivity index (χ0v) is 12.2. The second-order valence-corrected chi connectivity index (χ2v) is 4.73. The van der Waals surface area contributed by atoms with Gasteiger partial charge in [0.2, 0.25) is 5.88 Å². The highest BCUT2D eigenvalue weighted by Gasteiger charge is 2.18. The van der Waals surface area contributed by atoms with Crippen molar-refractivity contribution in [1.29, 1.82) is 0 Å². The first-order valence-electron chi connectivity index (χ1n) is 6.45. The molecule has 3 N–H and O–H groups in total. The zero-order valence-electron chi connectivity index (χ0n) is 12.2. The quantitative estimate of drug-likeness (QED) is 0.877. The predicted molar refractivity (Wildman–Crippen MR) is 79.5 cm³/mol. The number of carbonyl (C=O) groups excluding carboxylic acids is 1. The minimum absolute atomic E-state index is 0.0914. The summed E-state index contributed by atoms with van der Waals surface area (Å²) in [5.74, 6) is -1.75. The first-order valence-corrected chi connectivity index (χ1v) is 6.45. The van der Waals surface area contributed by atoms with E-state index >= 15 is 0 Å². The Hall–Kier alpha value is -2.83. The average molecular weight is 305 g/mol. The fraction of sp³-hybridized carbons (Fsp3) is 0.200. The number of hydrogen-bond acceptors (Lipinski definition) is 5. The molecule has 1 amide bonds. The fourth-order valence-electron chi connectivity index (χ4n) is 2.02. The minimum atomic E-state index is -0.990. The van der Waals surface area contributed by atoms with Crippen LogP contribution in [0.15, 0.2) is 30.3 Å². The molecule has 1 aromatic carbocycles. The summed E-state index contributed by atoms with van der Waals surface area (Å²) in [6.45, 7) is 0.391. The number of amides is 1. The van der Waals surface area contributed by atoms with Gasteiger partial charge in [-0.15, -0.1) is 0 Å². The molecule has 1 heterocycles. The molecule has 0 aliphatic carbocycles. The number of rotatable bonds is 5. The van der Waals surface area contributed by atoms with E-state index < -0.39 is 17.6 Å². The van der Waals surface area contributed by atoms with Crippen molar-refractivity contribution in [3.8, 4) is 11.6 Å². The number of aromatic hydroxyl groups is 1.